The molecule has 0 saturated carbocycles. The van der Waals surface area contributed by atoms with Crippen LogP contribution >= 0.6 is 0 Å². The first-order chi connectivity index (χ1) is 8.85. The molecule has 1 aliphatic heterocycles. The quantitative estimate of drug-likeness (QED) is 0.724. The molecular formula is C15H25NO4. The second-order valence-electron chi connectivity index (χ2n) is 7.45. The summed E-state index contributed by atoms with van der Waals surface area (Å²) >= 11 is 0. The maximum Gasteiger partial charge on any atom is 0.408 e. The van der Waals surface area contributed by atoms with Crippen molar-refractivity contribution in [1.29, 1.82) is 0 Å². The molecule has 1 saturated heterocycles. The molecular weight excluding hydrogens is 258 g/mol. The van der Waals surface area contributed by atoms with E-state index < -0.39 is 18.1 Å². The van der Waals surface area contributed by atoms with Gasteiger partial charge in [-0.05, 0) is 16.4 Å². The Morgan fingerprint density at radius 1 is 1.05 bits per heavy atom. The van der Waals surface area contributed by atoms with Crippen LogP contribution in [0.15, 0.2) is 11.1 Å². The normalized spacial score (nSPS) is 20.2. The highest BCUT2D eigenvalue weighted by molar-refractivity contribution is 5.81. The molecule has 5 nitrogen and oxygen atoms in total. The minimum atomic E-state index is -1.17. The summed E-state index contributed by atoms with van der Waals surface area (Å²) in [4.78, 5) is 23.5. The molecule has 0 aliphatic carbocycles. The molecule has 20 heavy (non-hydrogen) atoms. The zero-order chi connectivity index (χ0) is 15.9. The van der Waals surface area contributed by atoms with Gasteiger partial charge >= 0.3 is 12.1 Å². The minimum Gasteiger partial charge on any atom is -0.480 e. The van der Waals surface area contributed by atoms with Crippen molar-refractivity contribution >= 4 is 12.1 Å². The Kier molecular flexibility index (Phi) is 4.22. The fourth-order valence-electron chi connectivity index (χ4n) is 3.51. The number of nitrogens with zero attached hydrogens (tertiary/aromatic N) is 1. The second-order valence-corrected chi connectivity index (χ2v) is 7.45. The Morgan fingerprint density at radius 3 is 1.75 bits per heavy atom. The van der Waals surface area contributed by atoms with Gasteiger partial charge in [0.1, 0.15) is 6.04 Å². The Bertz CT molecular complexity index is 411. The first-order valence-corrected chi connectivity index (χ1v) is 6.81. The van der Waals surface area contributed by atoms with Crippen molar-refractivity contribution in [3.8, 4) is 0 Å². The molecule has 114 valence electrons. The van der Waals surface area contributed by atoms with Gasteiger partial charge in [-0.1, -0.05) is 47.1 Å². The van der Waals surface area contributed by atoms with E-state index in [1.807, 2.05) is 0 Å². The maximum absolute atomic E-state index is 11.3. The van der Waals surface area contributed by atoms with Gasteiger partial charge in [-0.2, -0.15) is 0 Å². The summed E-state index contributed by atoms with van der Waals surface area (Å²) in [6.07, 6.45) is -0.888. The minimum absolute atomic E-state index is 0.120. The van der Waals surface area contributed by atoms with Gasteiger partial charge in [0.25, 0.3) is 0 Å². The van der Waals surface area contributed by atoms with E-state index in [0.29, 0.717) is 0 Å². The number of allylic oxidation sites excluding steroid dienone is 1. The number of hydrogen-bond donors (Lipinski definition) is 2. The molecule has 1 unspecified atom stereocenters. The summed E-state index contributed by atoms with van der Waals surface area (Å²) in [7, 11) is 0. The average Bonchev–Trinajstić information content (AvgIpc) is 2.57. The van der Waals surface area contributed by atoms with E-state index in [-0.39, 0.29) is 23.8 Å². The smallest absolute Gasteiger partial charge is 0.408 e. The van der Waals surface area contributed by atoms with Crippen molar-refractivity contribution in [2.24, 2.45) is 10.8 Å². The number of aliphatic carboxylic acids is 1. The molecule has 0 spiro atoms. The Hall–Kier alpha value is -1.52. The molecule has 0 aromatic heterocycles. The third-order valence-corrected chi connectivity index (χ3v) is 3.56. The van der Waals surface area contributed by atoms with Crippen LogP contribution in [0.3, 0.4) is 0 Å². The van der Waals surface area contributed by atoms with E-state index >= 15 is 0 Å². The van der Waals surface area contributed by atoms with Gasteiger partial charge in [0.15, 0.2) is 0 Å². The van der Waals surface area contributed by atoms with Crippen molar-refractivity contribution in [3.63, 3.8) is 0 Å². The Balaban J connectivity index is 3.33. The molecule has 0 radical (unpaired) electrons. The standard InChI is InChI=1S/C15H25NO4/c1-14(2,3)11(15(4,5)6)9-7-10(12(17)18)16(8-9)13(19)20/h10H,7-8H2,1-6H3,(H,17,18)(H,19,20). The molecule has 1 heterocycles. The molecule has 1 aliphatic rings. The Morgan fingerprint density at radius 2 is 1.50 bits per heavy atom. The molecule has 1 atom stereocenters. The van der Waals surface area contributed by atoms with Crippen molar-refractivity contribution < 1.29 is 19.8 Å². The van der Waals surface area contributed by atoms with Crippen LogP contribution in [0.2, 0.25) is 0 Å². The molecule has 0 aromatic carbocycles. The van der Waals surface area contributed by atoms with Gasteiger partial charge < -0.3 is 10.2 Å². The number of likely N-dealkylation sites (tertiary alicyclic amines) is 1. The van der Waals surface area contributed by atoms with Crippen molar-refractivity contribution in [2.75, 3.05) is 6.54 Å². The lowest BCUT2D eigenvalue weighted by Crippen LogP contribution is -2.39. The van der Waals surface area contributed by atoms with Crippen LogP contribution in [0.25, 0.3) is 0 Å². The summed E-state index contributed by atoms with van der Waals surface area (Å²) in [6, 6.07) is -0.970. The van der Waals surface area contributed by atoms with E-state index in [1.54, 1.807) is 0 Å². The highest BCUT2D eigenvalue weighted by Gasteiger charge is 2.41. The van der Waals surface area contributed by atoms with E-state index in [2.05, 4.69) is 41.5 Å². The lowest BCUT2D eigenvalue weighted by molar-refractivity contribution is -0.141. The zero-order valence-corrected chi connectivity index (χ0v) is 13.1. The largest absolute Gasteiger partial charge is 0.480 e. The summed E-state index contributed by atoms with van der Waals surface area (Å²) in [5, 5.41) is 18.4. The number of rotatable bonds is 1. The number of carbonyl (C=O) groups is 2. The molecule has 5 heteroatoms. The lowest BCUT2D eigenvalue weighted by atomic mass is 9.69. The topological polar surface area (TPSA) is 77.8 Å². The van der Waals surface area contributed by atoms with Crippen LogP contribution in [0.5, 0.6) is 0 Å². The SMILES string of the molecule is CC(C)(C)C(=C1CC(C(=O)O)N(C(=O)O)C1)C(C)(C)C. The van der Waals surface area contributed by atoms with Crippen LogP contribution in [0, 0.1) is 10.8 Å². The summed E-state index contributed by atoms with van der Waals surface area (Å²) < 4.78 is 0. The van der Waals surface area contributed by atoms with Gasteiger partial charge in [-0.25, -0.2) is 9.59 Å². The molecule has 0 aromatic rings. The van der Waals surface area contributed by atoms with Gasteiger partial charge in [-0.15, -0.1) is 0 Å². The molecule has 1 amide bonds. The zero-order valence-electron chi connectivity index (χ0n) is 13.1. The third-order valence-electron chi connectivity index (χ3n) is 3.56. The van der Waals surface area contributed by atoms with Crippen LogP contribution < -0.4 is 0 Å². The fraction of sp³-hybridized carbons (Fsp3) is 0.733. The predicted octanol–water partition coefficient (Wildman–Crippen LogP) is 3.21. The third kappa shape index (κ3) is 3.32. The van der Waals surface area contributed by atoms with E-state index in [9.17, 15) is 19.8 Å². The van der Waals surface area contributed by atoms with Gasteiger partial charge in [0.2, 0.25) is 0 Å². The average molecular weight is 283 g/mol. The van der Waals surface area contributed by atoms with Crippen LogP contribution in [-0.4, -0.2) is 39.8 Å². The van der Waals surface area contributed by atoms with E-state index in [1.165, 1.54) is 0 Å². The highest BCUT2D eigenvalue weighted by Crippen LogP contribution is 2.44. The first-order valence-electron chi connectivity index (χ1n) is 6.81. The number of amides is 1. The van der Waals surface area contributed by atoms with Crippen molar-refractivity contribution in [1.82, 2.24) is 4.90 Å². The van der Waals surface area contributed by atoms with Gasteiger partial charge in [-0.3, -0.25) is 4.90 Å². The number of hydrogen-bond acceptors (Lipinski definition) is 2. The Labute approximate surface area is 120 Å². The molecule has 1 rings (SSSR count). The predicted molar refractivity (Wildman–Crippen MR) is 76.7 cm³/mol. The molecule has 1 fully saturated rings. The maximum atomic E-state index is 11.3. The molecule has 2 N–H and O–H groups in total. The first kappa shape index (κ1) is 16.5. The molecule has 0 bridgehead atoms. The fourth-order valence-corrected chi connectivity index (χ4v) is 3.51. The highest BCUT2D eigenvalue weighted by atomic mass is 16.4. The second kappa shape index (κ2) is 5.11. The summed E-state index contributed by atoms with van der Waals surface area (Å²) in [6.45, 7) is 12.7. The van der Waals surface area contributed by atoms with E-state index in [0.717, 1.165) is 16.0 Å². The monoisotopic (exact) mass is 283 g/mol. The van der Waals surface area contributed by atoms with Crippen LogP contribution in [-0.2, 0) is 4.79 Å². The van der Waals surface area contributed by atoms with Crippen molar-refractivity contribution in [3.05, 3.63) is 11.1 Å². The van der Waals surface area contributed by atoms with Crippen molar-refractivity contribution in [2.45, 2.75) is 54.0 Å². The van der Waals surface area contributed by atoms with E-state index in [4.69, 9.17) is 0 Å². The van der Waals surface area contributed by atoms with Crippen LogP contribution in [0.4, 0.5) is 4.79 Å². The van der Waals surface area contributed by atoms with Crippen LogP contribution in [0.1, 0.15) is 48.0 Å². The summed E-state index contributed by atoms with van der Waals surface area (Å²) in [5.74, 6) is -1.08. The van der Waals surface area contributed by atoms with Gasteiger partial charge in [0.05, 0.1) is 0 Å². The lowest BCUT2D eigenvalue weighted by Gasteiger charge is -2.36. The van der Waals surface area contributed by atoms with Gasteiger partial charge in [0, 0.05) is 13.0 Å². The number of carboxylic acid groups (broad SMARTS) is 2. The number of carboxylic acids is 1. The summed E-state index contributed by atoms with van der Waals surface area (Å²) in [5.41, 5.74) is 1.86.